The van der Waals surface area contributed by atoms with Gasteiger partial charge in [-0.1, -0.05) is 46.3 Å². The van der Waals surface area contributed by atoms with E-state index in [4.69, 9.17) is 28.4 Å². The largest absolute Gasteiger partial charge is 0.481 e. The Kier molecular flexibility index (Phi) is 13.7. The number of ether oxygens (including phenoxy) is 6. The Morgan fingerprint density at radius 3 is 1.83 bits per heavy atom. The van der Waals surface area contributed by atoms with Crippen molar-refractivity contribution in [3.05, 3.63) is 11.6 Å². The third-order valence-corrected chi connectivity index (χ3v) is 19.3. The first-order chi connectivity index (χ1) is 31.9. The number of esters is 1. The van der Waals surface area contributed by atoms with Gasteiger partial charge < -0.3 is 89.7 Å². The van der Waals surface area contributed by atoms with Crippen molar-refractivity contribution in [2.24, 2.45) is 50.2 Å². The van der Waals surface area contributed by atoms with Gasteiger partial charge in [-0.25, -0.2) is 4.79 Å². The van der Waals surface area contributed by atoms with Crippen molar-refractivity contribution in [3.8, 4) is 0 Å². The Labute approximate surface area is 400 Å². The molecule has 0 spiro atoms. The zero-order valence-electron chi connectivity index (χ0n) is 40.4. The van der Waals surface area contributed by atoms with Gasteiger partial charge in [-0.15, -0.1) is 0 Å². The van der Waals surface area contributed by atoms with Crippen LogP contribution in [0.15, 0.2) is 11.6 Å². The van der Waals surface area contributed by atoms with Crippen LogP contribution in [-0.4, -0.2) is 190 Å². The van der Waals surface area contributed by atoms with E-state index >= 15 is 4.79 Å². The summed E-state index contributed by atoms with van der Waals surface area (Å²) in [7, 11) is 0. The maximum absolute atomic E-state index is 15.2. The molecule has 5 aliphatic carbocycles. The van der Waals surface area contributed by atoms with Crippen molar-refractivity contribution in [3.63, 3.8) is 0 Å². The standard InChI is InChI=1S/C48H74O21/c1-18-26(51)28(53)32(57)38(64-18)67-35-30(55)27(52)19(2)65-40(35)69-42(63)48-14-13-43(3,4)15-21(48)20-9-10-23-44(5)16-22(49)36(68-39-33(58)29(54)31(56)34(66-39)37(59)60)47(8,41(61)62)24(44)11-12-45(23,6)46(20,7)17-25(48)50/h9,18-19,21-36,38-40,49-58H,10-17H2,1-8H3,(H,59,60)(H,61,62)/t18-,19-,21?,22-,23?,24?,25+,26-,27-,28+,29-,30+,31-,32+,33+,34-,35+,36-,38+,39-,40+,44+,45+,46+,47-,48+/m0/s1. The van der Waals surface area contributed by atoms with Crippen LogP contribution in [0.1, 0.15) is 107 Å². The summed E-state index contributed by atoms with van der Waals surface area (Å²) in [5.74, 6) is -5.36. The molecule has 0 bridgehead atoms. The second-order valence-corrected chi connectivity index (χ2v) is 23.5. The zero-order valence-corrected chi connectivity index (χ0v) is 40.4. The van der Waals surface area contributed by atoms with Gasteiger partial charge in [0.2, 0.25) is 6.29 Å². The predicted octanol–water partition coefficient (Wildman–Crippen LogP) is -0.706. The van der Waals surface area contributed by atoms with Crippen LogP contribution in [0, 0.1) is 50.2 Å². The van der Waals surface area contributed by atoms with Gasteiger partial charge in [0, 0.05) is 0 Å². The first kappa shape index (κ1) is 52.9. The average Bonchev–Trinajstić information content (AvgIpc) is 3.26. The molecule has 0 aromatic carbocycles. The number of allylic oxidation sites excluding steroid dienone is 2. The number of carbonyl (C=O) groups is 3. The van der Waals surface area contributed by atoms with Crippen molar-refractivity contribution in [1.29, 1.82) is 0 Å². The van der Waals surface area contributed by atoms with E-state index in [9.17, 15) is 70.9 Å². The average molecular weight is 987 g/mol. The first-order valence-electron chi connectivity index (χ1n) is 24.4. The number of aliphatic hydroxyl groups is 10. The summed E-state index contributed by atoms with van der Waals surface area (Å²) < 4.78 is 35.2. The summed E-state index contributed by atoms with van der Waals surface area (Å²) in [5.41, 5.74) is -5.14. The van der Waals surface area contributed by atoms with Crippen LogP contribution in [0.2, 0.25) is 0 Å². The SMILES string of the molecule is C[C@@H]1O[C@H](O[C@H]2[C@@H](OC(=O)[C@]34CCC(C)(C)CC3C3=CCC5[C@@]6(C)C[C@H](O)[C@H](O[C@@H]7O[C@H](C(=O)O)[C@@H](O)[C@H](O)[C@H]7O)[C@@](C)(C(=O)O)C6CC[C@@]5(C)[C@]3(C)C[C@H]4O)O[C@@H](C)[C@H](O)[C@H]2O)[C@H](O)[C@H](O)[C@H]1O. The molecule has 0 aromatic heterocycles. The third kappa shape index (κ3) is 7.86. The highest BCUT2D eigenvalue weighted by Gasteiger charge is 2.74. The highest BCUT2D eigenvalue weighted by atomic mass is 16.8. The maximum atomic E-state index is 15.2. The minimum absolute atomic E-state index is 0.0152. The van der Waals surface area contributed by atoms with Gasteiger partial charge in [-0.05, 0) is 112 Å². The normalized spacial score (nSPS) is 54.9. The van der Waals surface area contributed by atoms with Gasteiger partial charge in [-0.3, -0.25) is 9.59 Å². The second kappa shape index (κ2) is 17.9. The first-order valence-corrected chi connectivity index (χ1v) is 24.4. The van der Waals surface area contributed by atoms with E-state index in [2.05, 4.69) is 33.8 Å². The maximum Gasteiger partial charge on any atom is 0.335 e. The van der Waals surface area contributed by atoms with Gasteiger partial charge in [0.1, 0.15) is 60.4 Å². The number of hydrogen-bond acceptors (Lipinski definition) is 19. The van der Waals surface area contributed by atoms with Gasteiger partial charge in [0.05, 0.1) is 29.8 Å². The molecule has 7 fully saturated rings. The molecule has 26 atom stereocenters. The molecule has 3 saturated heterocycles. The molecule has 8 aliphatic rings. The summed E-state index contributed by atoms with van der Waals surface area (Å²) >= 11 is 0. The number of aliphatic carboxylic acids is 2. The Morgan fingerprint density at radius 2 is 1.22 bits per heavy atom. The van der Waals surface area contributed by atoms with Crippen molar-refractivity contribution in [2.45, 2.75) is 217 Å². The van der Waals surface area contributed by atoms with Crippen molar-refractivity contribution in [2.75, 3.05) is 0 Å². The molecule has 69 heavy (non-hydrogen) atoms. The van der Waals surface area contributed by atoms with Gasteiger partial charge >= 0.3 is 17.9 Å². The smallest absolute Gasteiger partial charge is 0.335 e. The quantitative estimate of drug-likeness (QED) is 0.0812. The lowest BCUT2D eigenvalue weighted by atomic mass is 9.33. The Balaban J connectivity index is 1.11. The molecule has 0 aromatic rings. The number of carboxylic acid groups (broad SMARTS) is 2. The number of carbonyl (C=O) groups excluding carboxylic acids is 1. The van der Waals surface area contributed by atoms with Crippen molar-refractivity contribution < 1.29 is 104 Å². The summed E-state index contributed by atoms with van der Waals surface area (Å²) in [6.45, 7) is 14.7. The molecule has 0 radical (unpaired) electrons. The van der Waals surface area contributed by atoms with Crippen LogP contribution in [0.3, 0.4) is 0 Å². The van der Waals surface area contributed by atoms with E-state index in [0.717, 1.165) is 5.57 Å². The zero-order chi connectivity index (χ0) is 51.0. The third-order valence-electron chi connectivity index (χ3n) is 19.3. The molecule has 12 N–H and O–H groups in total. The van der Waals surface area contributed by atoms with E-state index in [0.29, 0.717) is 32.1 Å². The van der Waals surface area contributed by atoms with Gasteiger partial charge in [-0.2, -0.15) is 0 Å². The van der Waals surface area contributed by atoms with Crippen LogP contribution in [-0.2, 0) is 42.8 Å². The lowest BCUT2D eigenvalue weighted by molar-refractivity contribution is -0.358. The molecule has 3 aliphatic heterocycles. The number of hydrogen-bond donors (Lipinski definition) is 12. The monoisotopic (exact) mass is 986 g/mol. The van der Waals surface area contributed by atoms with Crippen LogP contribution in [0.4, 0.5) is 0 Å². The number of rotatable bonds is 8. The van der Waals surface area contributed by atoms with E-state index in [1.165, 1.54) is 20.8 Å². The van der Waals surface area contributed by atoms with Crippen LogP contribution < -0.4 is 0 Å². The molecule has 4 saturated carbocycles. The molecule has 3 unspecified atom stereocenters. The van der Waals surface area contributed by atoms with E-state index in [1.54, 1.807) is 0 Å². The summed E-state index contributed by atoms with van der Waals surface area (Å²) in [6.07, 6.45) is -25.1. The fourth-order valence-corrected chi connectivity index (χ4v) is 15.1. The molecule has 21 heteroatoms. The molecule has 21 nitrogen and oxygen atoms in total. The van der Waals surface area contributed by atoms with Gasteiger partial charge in [0.25, 0.3) is 0 Å². The fourth-order valence-electron chi connectivity index (χ4n) is 15.1. The summed E-state index contributed by atoms with van der Waals surface area (Å²) in [5, 5.41) is 131. The van der Waals surface area contributed by atoms with Gasteiger partial charge in [0.15, 0.2) is 24.8 Å². The van der Waals surface area contributed by atoms with E-state index in [1.807, 2.05) is 6.92 Å². The lowest BCUT2D eigenvalue weighted by Crippen LogP contribution is -2.71. The molecule has 8 rings (SSSR count). The lowest BCUT2D eigenvalue weighted by Gasteiger charge is -2.71. The highest BCUT2D eigenvalue weighted by Crippen LogP contribution is 2.76. The van der Waals surface area contributed by atoms with E-state index in [-0.39, 0.29) is 30.6 Å². The summed E-state index contributed by atoms with van der Waals surface area (Å²) in [4.78, 5) is 40.8. The summed E-state index contributed by atoms with van der Waals surface area (Å²) in [6, 6.07) is 0. The number of carboxylic acids is 2. The van der Waals surface area contributed by atoms with Crippen LogP contribution in [0.5, 0.6) is 0 Å². The predicted molar refractivity (Wildman–Crippen MR) is 233 cm³/mol. The number of fused-ring (bicyclic) bond motifs is 7. The molecule has 0 amide bonds. The Bertz CT molecular complexity index is 2020. The fraction of sp³-hybridized carbons (Fsp3) is 0.896. The minimum atomic E-state index is -2.02. The topological polar surface area (TPSA) is 349 Å². The van der Waals surface area contributed by atoms with Crippen LogP contribution >= 0.6 is 0 Å². The molecular weight excluding hydrogens is 913 g/mol. The Hall–Kier alpha value is -2.45. The highest BCUT2D eigenvalue weighted by molar-refractivity contribution is 5.80. The van der Waals surface area contributed by atoms with Crippen LogP contribution in [0.25, 0.3) is 0 Å². The number of aliphatic hydroxyl groups excluding tert-OH is 10. The molecule has 392 valence electrons. The molecular formula is C48H74O21. The van der Waals surface area contributed by atoms with Crippen molar-refractivity contribution >= 4 is 17.9 Å². The minimum Gasteiger partial charge on any atom is -0.481 e. The van der Waals surface area contributed by atoms with E-state index < -0.39 is 167 Å². The molecule has 3 heterocycles. The Morgan fingerprint density at radius 1 is 0.638 bits per heavy atom. The second-order valence-electron chi connectivity index (χ2n) is 23.5. The van der Waals surface area contributed by atoms with Crippen molar-refractivity contribution in [1.82, 2.24) is 0 Å².